The fourth-order valence-corrected chi connectivity index (χ4v) is 3.28. The molecular formula is C12H15NS2. The molecule has 1 aromatic rings. The van der Waals surface area contributed by atoms with E-state index in [0.29, 0.717) is 4.99 Å². The first-order chi connectivity index (χ1) is 7.25. The summed E-state index contributed by atoms with van der Waals surface area (Å²) in [6.07, 6.45) is 5.51. The van der Waals surface area contributed by atoms with Crippen LogP contribution in [0.4, 0.5) is 0 Å². The summed E-state index contributed by atoms with van der Waals surface area (Å²) in [5.41, 5.74) is 6.51. The van der Waals surface area contributed by atoms with Crippen molar-refractivity contribution in [1.29, 1.82) is 0 Å². The van der Waals surface area contributed by atoms with Gasteiger partial charge in [0.25, 0.3) is 0 Å². The predicted octanol–water partition coefficient (Wildman–Crippen LogP) is 3.36. The van der Waals surface area contributed by atoms with Gasteiger partial charge in [0.1, 0.15) is 4.99 Å². The highest BCUT2D eigenvalue weighted by Crippen LogP contribution is 2.34. The van der Waals surface area contributed by atoms with E-state index in [0.717, 1.165) is 10.8 Å². The van der Waals surface area contributed by atoms with Gasteiger partial charge in [-0.2, -0.15) is 0 Å². The average Bonchev–Trinajstić information content (AvgIpc) is 2.71. The van der Waals surface area contributed by atoms with Gasteiger partial charge in [0.05, 0.1) is 0 Å². The van der Waals surface area contributed by atoms with E-state index in [1.54, 1.807) is 0 Å². The minimum Gasteiger partial charge on any atom is -0.389 e. The lowest BCUT2D eigenvalue weighted by Crippen LogP contribution is -2.08. The van der Waals surface area contributed by atoms with Crippen molar-refractivity contribution in [2.45, 2.75) is 35.8 Å². The molecule has 1 nitrogen and oxygen atoms in total. The van der Waals surface area contributed by atoms with Crippen LogP contribution in [0, 0.1) is 0 Å². The summed E-state index contributed by atoms with van der Waals surface area (Å²) in [6.45, 7) is 0. The molecule has 2 N–H and O–H groups in total. The molecule has 0 aliphatic heterocycles. The zero-order valence-corrected chi connectivity index (χ0v) is 10.2. The molecule has 1 aliphatic carbocycles. The predicted molar refractivity (Wildman–Crippen MR) is 70.4 cm³/mol. The molecule has 0 unspecified atom stereocenters. The highest BCUT2D eigenvalue weighted by atomic mass is 32.2. The molecule has 0 radical (unpaired) electrons. The molecule has 0 bridgehead atoms. The maximum Gasteiger partial charge on any atom is 0.103 e. The Bertz CT molecular complexity index is 339. The first-order valence-corrected chi connectivity index (χ1v) is 6.61. The molecule has 0 heterocycles. The number of nitrogens with two attached hydrogens (primary N) is 1. The first-order valence-electron chi connectivity index (χ1n) is 5.32. The second-order valence-electron chi connectivity index (χ2n) is 3.91. The monoisotopic (exact) mass is 237 g/mol. The molecule has 0 aromatic heterocycles. The standard InChI is InChI=1S/C12H15NS2/c13-12(14)9-5-7-11(8-6-9)15-10-3-1-2-4-10/h5-8,10H,1-4H2,(H2,13,14). The molecular weight excluding hydrogens is 222 g/mol. The fourth-order valence-electron chi connectivity index (χ4n) is 1.90. The minimum absolute atomic E-state index is 0.479. The van der Waals surface area contributed by atoms with Crippen LogP contribution in [0.2, 0.25) is 0 Å². The number of thioether (sulfide) groups is 1. The Morgan fingerprint density at radius 2 is 1.80 bits per heavy atom. The Kier molecular flexibility index (Phi) is 3.65. The van der Waals surface area contributed by atoms with E-state index in [4.69, 9.17) is 18.0 Å². The summed E-state index contributed by atoms with van der Waals surface area (Å²) >= 11 is 6.91. The SMILES string of the molecule is NC(=S)c1ccc(SC2CCCC2)cc1. The Hall–Kier alpha value is -0.540. The smallest absolute Gasteiger partial charge is 0.103 e. The summed E-state index contributed by atoms with van der Waals surface area (Å²) < 4.78 is 0. The van der Waals surface area contributed by atoms with Crippen LogP contribution in [0.15, 0.2) is 29.2 Å². The zero-order chi connectivity index (χ0) is 10.7. The van der Waals surface area contributed by atoms with Crippen molar-refractivity contribution in [3.63, 3.8) is 0 Å². The highest BCUT2D eigenvalue weighted by molar-refractivity contribution is 8.00. The van der Waals surface area contributed by atoms with Crippen LogP contribution in [0.1, 0.15) is 31.2 Å². The topological polar surface area (TPSA) is 26.0 Å². The van der Waals surface area contributed by atoms with Gasteiger partial charge < -0.3 is 5.73 Å². The normalized spacial score (nSPS) is 16.8. The van der Waals surface area contributed by atoms with Gasteiger partial charge in [0.15, 0.2) is 0 Å². The lowest BCUT2D eigenvalue weighted by Gasteiger charge is -2.08. The van der Waals surface area contributed by atoms with Gasteiger partial charge in [-0.05, 0) is 25.0 Å². The second-order valence-corrected chi connectivity index (χ2v) is 5.73. The van der Waals surface area contributed by atoms with Crippen molar-refractivity contribution in [3.8, 4) is 0 Å². The van der Waals surface area contributed by atoms with Crippen LogP contribution in [0.25, 0.3) is 0 Å². The van der Waals surface area contributed by atoms with Gasteiger partial charge in [-0.1, -0.05) is 37.2 Å². The summed E-state index contributed by atoms with van der Waals surface area (Å²) in [5, 5.41) is 0.820. The summed E-state index contributed by atoms with van der Waals surface area (Å²) in [5.74, 6) is 0. The van der Waals surface area contributed by atoms with Gasteiger partial charge >= 0.3 is 0 Å². The van der Waals surface area contributed by atoms with E-state index in [1.807, 2.05) is 23.9 Å². The molecule has 1 fully saturated rings. The van der Waals surface area contributed by atoms with Crippen LogP contribution in [-0.4, -0.2) is 10.2 Å². The molecule has 0 saturated heterocycles. The van der Waals surface area contributed by atoms with Crippen molar-refractivity contribution in [1.82, 2.24) is 0 Å². The van der Waals surface area contributed by atoms with Gasteiger partial charge in [-0.25, -0.2) is 0 Å². The first kappa shape index (κ1) is 11.0. The molecule has 0 atom stereocenters. The van der Waals surface area contributed by atoms with Crippen molar-refractivity contribution in [2.75, 3.05) is 0 Å². The lowest BCUT2D eigenvalue weighted by atomic mass is 10.2. The van der Waals surface area contributed by atoms with Crippen molar-refractivity contribution in [2.24, 2.45) is 5.73 Å². The molecule has 2 rings (SSSR count). The Labute approximate surface area is 100 Å². The van der Waals surface area contributed by atoms with Crippen molar-refractivity contribution >= 4 is 29.0 Å². The highest BCUT2D eigenvalue weighted by Gasteiger charge is 2.15. The Balaban J connectivity index is 2.00. The third-order valence-corrected chi connectivity index (χ3v) is 4.33. The molecule has 15 heavy (non-hydrogen) atoms. The van der Waals surface area contributed by atoms with Gasteiger partial charge in [0, 0.05) is 15.7 Å². The average molecular weight is 237 g/mol. The van der Waals surface area contributed by atoms with Crippen LogP contribution in [0.3, 0.4) is 0 Å². The van der Waals surface area contributed by atoms with Gasteiger partial charge in [-0.15, -0.1) is 11.8 Å². The van der Waals surface area contributed by atoms with Gasteiger partial charge in [-0.3, -0.25) is 0 Å². The number of hydrogen-bond acceptors (Lipinski definition) is 2. The molecule has 0 spiro atoms. The summed E-state index contributed by atoms with van der Waals surface area (Å²) in [4.78, 5) is 1.81. The maximum atomic E-state index is 5.55. The number of hydrogen-bond donors (Lipinski definition) is 1. The van der Waals surface area contributed by atoms with E-state index in [2.05, 4.69) is 12.1 Å². The minimum atomic E-state index is 0.479. The van der Waals surface area contributed by atoms with E-state index in [-0.39, 0.29) is 0 Å². The molecule has 1 saturated carbocycles. The van der Waals surface area contributed by atoms with Crippen LogP contribution < -0.4 is 5.73 Å². The zero-order valence-electron chi connectivity index (χ0n) is 8.61. The third kappa shape index (κ3) is 2.95. The van der Waals surface area contributed by atoms with E-state index in [9.17, 15) is 0 Å². The van der Waals surface area contributed by atoms with Gasteiger partial charge in [0.2, 0.25) is 0 Å². The van der Waals surface area contributed by atoms with Crippen LogP contribution in [-0.2, 0) is 0 Å². The Morgan fingerprint density at radius 1 is 1.20 bits per heavy atom. The Morgan fingerprint density at radius 3 is 2.33 bits per heavy atom. The fraction of sp³-hybridized carbons (Fsp3) is 0.417. The molecule has 1 aromatic carbocycles. The third-order valence-electron chi connectivity index (χ3n) is 2.74. The second kappa shape index (κ2) is 4.99. The quantitative estimate of drug-likeness (QED) is 0.816. The summed E-state index contributed by atoms with van der Waals surface area (Å²) in [7, 11) is 0. The number of rotatable bonds is 3. The molecule has 1 aliphatic rings. The number of benzene rings is 1. The number of thiocarbonyl (C=S) groups is 1. The van der Waals surface area contributed by atoms with E-state index in [1.165, 1.54) is 30.6 Å². The van der Waals surface area contributed by atoms with Crippen LogP contribution in [0.5, 0.6) is 0 Å². The van der Waals surface area contributed by atoms with Crippen molar-refractivity contribution < 1.29 is 0 Å². The van der Waals surface area contributed by atoms with Crippen LogP contribution >= 0.6 is 24.0 Å². The molecule has 80 valence electrons. The van der Waals surface area contributed by atoms with E-state index < -0.39 is 0 Å². The van der Waals surface area contributed by atoms with Crippen molar-refractivity contribution in [3.05, 3.63) is 29.8 Å². The molecule has 0 amide bonds. The van der Waals surface area contributed by atoms with E-state index >= 15 is 0 Å². The lowest BCUT2D eigenvalue weighted by molar-refractivity contribution is 0.886. The maximum absolute atomic E-state index is 5.55. The molecule has 3 heteroatoms. The largest absolute Gasteiger partial charge is 0.389 e. The summed E-state index contributed by atoms with van der Waals surface area (Å²) in [6, 6.07) is 8.27.